The summed E-state index contributed by atoms with van der Waals surface area (Å²) < 4.78 is 0. The molecule has 3 atom stereocenters. The van der Waals surface area contributed by atoms with Gasteiger partial charge in [0.25, 0.3) is 0 Å². The highest BCUT2D eigenvalue weighted by molar-refractivity contribution is 6.08. The Morgan fingerprint density at radius 3 is 2.00 bits per heavy atom. The first-order valence-electron chi connectivity index (χ1n) is 24.7. The third-order valence-electron chi connectivity index (χ3n) is 15.2. The second kappa shape index (κ2) is 17.0. The Hall–Kier alpha value is -8.34. The highest BCUT2D eigenvalue weighted by Crippen LogP contribution is 2.54. The molecule has 8 aromatic carbocycles. The molecule has 0 bridgehead atoms. The maximum absolute atomic E-state index is 5.28. The third-order valence-corrected chi connectivity index (χ3v) is 15.2. The Kier molecular flexibility index (Phi) is 10.2. The van der Waals surface area contributed by atoms with Gasteiger partial charge in [0.15, 0.2) is 0 Å². The van der Waals surface area contributed by atoms with E-state index in [1.807, 2.05) is 6.07 Å². The maximum Gasteiger partial charge on any atom is 0.147 e. The maximum atomic E-state index is 5.28. The highest BCUT2D eigenvalue weighted by atomic mass is 15.2. The first-order valence-corrected chi connectivity index (χ1v) is 24.7. The van der Waals surface area contributed by atoms with Crippen LogP contribution >= 0.6 is 0 Å². The third kappa shape index (κ3) is 7.30. The number of allylic oxidation sites excluding steroid dienone is 7. The van der Waals surface area contributed by atoms with Gasteiger partial charge < -0.3 is 10.2 Å². The summed E-state index contributed by atoms with van der Waals surface area (Å²) in [6, 6.07) is 71.3. The molecule has 3 unspecified atom stereocenters. The van der Waals surface area contributed by atoms with E-state index >= 15 is 0 Å². The van der Waals surface area contributed by atoms with E-state index in [9.17, 15) is 0 Å². The number of hydrogen-bond donors (Lipinski definition) is 1. The van der Waals surface area contributed by atoms with Gasteiger partial charge in [-0.3, -0.25) is 0 Å². The standard InChI is InChI=1S/C66H52N4/c1-66(2)59-27-13-12-26-55(59)56-40-50(32-35-60(56)66)44-28-30-45(31-29-44)51-33-36-61-57(41-51)58-42-52(34-37-62(58)70(61)54-25-15-23-49(39-54)43-16-6-3-7-17-43)48-22-14-24-53(38-48)65-68-63(46-18-8-4-9-19-46)67-64(69-65)47-20-10-5-11-21-47/h3-20,22-41,47,58,65H,21,42H2,1-2H3,(H,67,68,69). The number of nitrogens with zero attached hydrogens (tertiary/aromatic N) is 3. The molecule has 2 heterocycles. The molecule has 70 heavy (non-hydrogen) atoms. The molecule has 1 N–H and O–H groups in total. The first kappa shape index (κ1) is 41.8. The molecule has 336 valence electrons. The van der Waals surface area contributed by atoms with Crippen molar-refractivity contribution >= 4 is 28.6 Å². The number of aliphatic imine (C=N–C) groups is 2. The summed E-state index contributed by atoms with van der Waals surface area (Å²) in [6.45, 7) is 4.69. The van der Waals surface area contributed by atoms with Crippen LogP contribution in [-0.2, 0) is 5.41 Å². The van der Waals surface area contributed by atoms with Gasteiger partial charge in [-0.15, -0.1) is 0 Å². The van der Waals surface area contributed by atoms with Crippen LogP contribution in [0.4, 0.5) is 11.4 Å². The fraction of sp³-hybridized carbons (Fsp3) is 0.121. The number of fused-ring (bicyclic) bond motifs is 6. The lowest BCUT2D eigenvalue weighted by Gasteiger charge is -2.28. The topological polar surface area (TPSA) is 40.0 Å². The molecule has 5 aliphatic rings. The van der Waals surface area contributed by atoms with Gasteiger partial charge in [-0.05, 0) is 133 Å². The summed E-state index contributed by atoms with van der Waals surface area (Å²) in [6.07, 6.45) is 14.9. The van der Waals surface area contributed by atoms with E-state index in [0.717, 1.165) is 35.6 Å². The molecule has 0 radical (unpaired) electrons. The lowest BCUT2D eigenvalue weighted by atomic mass is 9.82. The zero-order valence-electron chi connectivity index (χ0n) is 39.4. The normalized spacial score (nSPS) is 19.2. The average molecular weight is 901 g/mol. The fourth-order valence-electron chi connectivity index (χ4n) is 11.5. The molecule has 2 aliphatic heterocycles. The smallest absolute Gasteiger partial charge is 0.147 e. The Morgan fingerprint density at radius 2 is 1.20 bits per heavy atom. The predicted octanol–water partition coefficient (Wildman–Crippen LogP) is 16.2. The van der Waals surface area contributed by atoms with Crippen molar-refractivity contribution in [1.29, 1.82) is 0 Å². The molecule has 0 saturated carbocycles. The minimum Gasteiger partial charge on any atom is -0.344 e. The minimum atomic E-state index is -0.266. The number of rotatable bonds is 8. The van der Waals surface area contributed by atoms with Gasteiger partial charge in [0.05, 0.1) is 0 Å². The lowest BCUT2D eigenvalue weighted by molar-refractivity contribution is 0.658. The van der Waals surface area contributed by atoms with Crippen molar-refractivity contribution in [3.63, 3.8) is 0 Å². The van der Waals surface area contributed by atoms with Crippen LogP contribution in [0, 0.1) is 5.92 Å². The largest absolute Gasteiger partial charge is 0.344 e. The minimum absolute atomic E-state index is 0.00455. The zero-order valence-corrected chi connectivity index (χ0v) is 39.4. The summed E-state index contributed by atoms with van der Waals surface area (Å²) in [5.41, 5.74) is 22.6. The van der Waals surface area contributed by atoms with Crippen molar-refractivity contribution in [2.75, 3.05) is 4.90 Å². The Bertz CT molecular complexity index is 3550. The Morgan fingerprint density at radius 1 is 0.543 bits per heavy atom. The van der Waals surface area contributed by atoms with E-state index in [0.29, 0.717) is 0 Å². The number of nitrogens with one attached hydrogen (secondary N) is 1. The monoisotopic (exact) mass is 900 g/mol. The van der Waals surface area contributed by atoms with Gasteiger partial charge in [0.2, 0.25) is 0 Å². The summed E-state index contributed by atoms with van der Waals surface area (Å²) >= 11 is 0. The predicted molar refractivity (Wildman–Crippen MR) is 291 cm³/mol. The first-order chi connectivity index (χ1) is 34.4. The van der Waals surface area contributed by atoms with Crippen molar-refractivity contribution in [2.45, 2.75) is 44.2 Å². The second-order valence-electron chi connectivity index (χ2n) is 19.7. The van der Waals surface area contributed by atoms with E-state index in [4.69, 9.17) is 9.98 Å². The van der Waals surface area contributed by atoms with E-state index in [1.165, 1.54) is 89.4 Å². The van der Waals surface area contributed by atoms with Crippen LogP contribution in [0.1, 0.15) is 72.2 Å². The van der Waals surface area contributed by atoms with Crippen LogP contribution in [0.2, 0.25) is 0 Å². The van der Waals surface area contributed by atoms with E-state index in [-0.39, 0.29) is 23.4 Å². The average Bonchev–Trinajstić information content (AvgIpc) is 3.88. The van der Waals surface area contributed by atoms with Crippen molar-refractivity contribution in [1.82, 2.24) is 5.32 Å². The SMILES string of the molecule is CC1(C)c2ccccc2-c2cc(-c3ccc(-c4ccc5c(c4)C4CC(c6cccc(C7N=C(C8C=CC=CC8)N=C(c8ccccc8)N7)c6)=CC=C4N5c4cccc(-c5ccccc5)c4)cc3)ccc21. The number of hydrogen-bond acceptors (Lipinski definition) is 4. The van der Waals surface area contributed by atoms with Gasteiger partial charge in [-0.1, -0.05) is 202 Å². The van der Waals surface area contributed by atoms with Crippen LogP contribution in [0.5, 0.6) is 0 Å². The Labute approximate surface area is 411 Å². The fourth-order valence-corrected chi connectivity index (χ4v) is 11.5. The van der Waals surface area contributed by atoms with Gasteiger partial charge in [0, 0.05) is 39.9 Å². The quantitative estimate of drug-likeness (QED) is 0.165. The molecule has 8 aromatic rings. The van der Waals surface area contributed by atoms with Crippen LogP contribution < -0.4 is 10.2 Å². The van der Waals surface area contributed by atoms with E-state index < -0.39 is 0 Å². The Balaban J connectivity index is 0.847. The number of benzene rings is 8. The van der Waals surface area contributed by atoms with Gasteiger partial charge >= 0.3 is 0 Å². The molecule has 3 aliphatic carbocycles. The molecule has 0 spiro atoms. The summed E-state index contributed by atoms with van der Waals surface area (Å²) in [5.74, 6) is 2.02. The van der Waals surface area contributed by atoms with Crippen LogP contribution in [0.15, 0.2) is 246 Å². The lowest BCUT2D eigenvalue weighted by Crippen LogP contribution is -2.35. The number of amidine groups is 2. The molecule has 13 rings (SSSR count). The van der Waals surface area contributed by atoms with Crippen molar-refractivity contribution in [3.8, 4) is 44.5 Å². The van der Waals surface area contributed by atoms with Crippen molar-refractivity contribution in [3.05, 3.63) is 270 Å². The van der Waals surface area contributed by atoms with Gasteiger partial charge in [-0.2, -0.15) is 0 Å². The number of anilines is 2. The summed E-state index contributed by atoms with van der Waals surface area (Å²) in [4.78, 5) is 12.9. The molecular weight excluding hydrogens is 849 g/mol. The summed E-state index contributed by atoms with van der Waals surface area (Å²) in [7, 11) is 0. The molecule has 4 heteroatoms. The van der Waals surface area contributed by atoms with Gasteiger partial charge in [0.1, 0.15) is 17.8 Å². The molecule has 0 amide bonds. The molecule has 0 saturated heterocycles. The van der Waals surface area contributed by atoms with E-state index in [1.54, 1.807) is 0 Å². The molecule has 0 fully saturated rings. The summed E-state index contributed by atoms with van der Waals surface area (Å²) in [5, 5.41) is 3.71. The molecular formula is C66H52N4. The zero-order chi connectivity index (χ0) is 46.8. The highest BCUT2D eigenvalue weighted by Gasteiger charge is 2.38. The van der Waals surface area contributed by atoms with Crippen LogP contribution in [0.3, 0.4) is 0 Å². The molecule has 4 nitrogen and oxygen atoms in total. The van der Waals surface area contributed by atoms with Crippen molar-refractivity contribution < 1.29 is 0 Å². The second-order valence-corrected chi connectivity index (χ2v) is 19.7. The van der Waals surface area contributed by atoms with Gasteiger partial charge in [-0.25, -0.2) is 9.98 Å². The van der Waals surface area contributed by atoms with Crippen LogP contribution in [0.25, 0.3) is 50.1 Å². The van der Waals surface area contributed by atoms with E-state index in [2.05, 4.69) is 249 Å². The van der Waals surface area contributed by atoms with Crippen LogP contribution in [-0.4, -0.2) is 11.7 Å². The molecule has 0 aromatic heterocycles. The van der Waals surface area contributed by atoms with Crippen molar-refractivity contribution in [2.24, 2.45) is 15.9 Å².